The second-order valence-corrected chi connectivity index (χ2v) is 11.6. The Balaban J connectivity index is 1.42. The maximum absolute atomic E-state index is 12.7. The number of benzene rings is 1. The number of esters is 1. The smallest absolute Gasteiger partial charge is 0.339 e. The number of aromatic amines is 1. The van der Waals surface area contributed by atoms with Gasteiger partial charge in [0, 0.05) is 31.0 Å². The number of rotatable bonds is 8. The first-order chi connectivity index (χ1) is 17.0. The lowest BCUT2D eigenvalue weighted by Gasteiger charge is -2.27. The van der Waals surface area contributed by atoms with Crippen LogP contribution in [0.25, 0.3) is 11.4 Å². The molecule has 1 atom stereocenters. The first-order valence-corrected chi connectivity index (χ1v) is 13.7. The number of sulfone groups is 1. The van der Waals surface area contributed by atoms with Crippen LogP contribution in [0.3, 0.4) is 0 Å². The van der Waals surface area contributed by atoms with Gasteiger partial charge in [0.25, 0.3) is 0 Å². The topological polar surface area (TPSA) is 98.4 Å². The van der Waals surface area contributed by atoms with Gasteiger partial charge in [-0.05, 0) is 80.0 Å². The summed E-state index contributed by atoms with van der Waals surface area (Å²) in [6, 6.07) is 15.0. The molecule has 1 aliphatic carbocycles. The van der Waals surface area contributed by atoms with E-state index in [0.29, 0.717) is 16.4 Å². The fourth-order valence-electron chi connectivity index (χ4n) is 4.78. The molecule has 7 nitrogen and oxygen atoms in total. The van der Waals surface area contributed by atoms with E-state index < -0.39 is 15.8 Å². The molecule has 3 aromatic rings. The second-order valence-electron chi connectivity index (χ2n) is 9.41. The molecule has 0 bridgehead atoms. The second kappa shape index (κ2) is 9.95. The van der Waals surface area contributed by atoms with Gasteiger partial charge in [-0.25, -0.2) is 13.2 Å². The number of carbonyl (C=O) groups excluding carboxylic acids is 1. The number of ether oxygens (including phenoxy) is 2. The van der Waals surface area contributed by atoms with E-state index in [1.54, 1.807) is 24.3 Å². The van der Waals surface area contributed by atoms with Crippen LogP contribution in [0.5, 0.6) is 0 Å². The molecule has 1 saturated carbocycles. The van der Waals surface area contributed by atoms with Crippen LogP contribution in [0.4, 0.5) is 0 Å². The zero-order valence-electron chi connectivity index (χ0n) is 19.8. The van der Waals surface area contributed by atoms with Crippen LogP contribution in [0.1, 0.15) is 59.6 Å². The first-order valence-electron chi connectivity index (χ1n) is 12.1. The Kier molecular flexibility index (Phi) is 6.75. The Hall–Kier alpha value is -2.97. The third-order valence-electron chi connectivity index (χ3n) is 7.03. The molecule has 1 saturated heterocycles. The van der Waals surface area contributed by atoms with Gasteiger partial charge in [0.05, 0.1) is 34.2 Å². The quantitative estimate of drug-likeness (QED) is 0.454. The maximum Gasteiger partial charge on any atom is 0.339 e. The van der Waals surface area contributed by atoms with Crippen molar-refractivity contribution in [3.05, 3.63) is 71.5 Å². The lowest BCUT2D eigenvalue weighted by molar-refractivity contribution is 0.0600. The number of nitrogens with one attached hydrogen (secondary N) is 1. The van der Waals surface area contributed by atoms with Crippen LogP contribution in [-0.4, -0.2) is 49.9 Å². The Morgan fingerprint density at radius 1 is 1.06 bits per heavy atom. The van der Waals surface area contributed by atoms with Crippen molar-refractivity contribution in [2.45, 2.75) is 48.2 Å². The van der Waals surface area contributed by atoms with E-state index in [4.69, 9.17) is 9.47 Å². The minimum Gasteiger partial charge on any atom is -0.465 e. The van der Waals surface area contributed by atoms with Gasteiger partial charge in [0.2, 0.25) is 0 Å². The zero-order valence-corrected chi connectivity index (χ0v) is 20.6. The van der Waals surface area contributed by atoms with Crippen molar-refractivity contribution in [1.82, 2.24) is 9.97 Å². The minimum absolute atomic E-state index is 0.0962. The van der Waals surface area contributed by atoms with Gasteiger partial charge >= 0.3 is 5.97 Å². The number of H-pyrrole nitrogens is 1. The molecular formula is C27H30N2O5S. The molecule has 0 spiro atoms. The molecule has 8 heteroatoms. The summed E-state index contributed by atoms with van der Waals surface area (Å²) in [7, 11) is -1.86. The summed E-state index contributed by atoms with van der Waals surface area (Å²) in [5.74, 6) is 0.214. The molecule has 3 heterocycles. The predicted molar refractivity (Wildman–Crippen MR) is 132 cm³/mol. The van der Waals surface area contributed by atoms with Crippen LogP contribution in [0, 0.1) is 5.92 Å². The van der Waals surface area contributed by atoms with Gasteiger partial charge in [-0.1, -0.05) is 12.1 Å². The number of nitrogens with zero attached hydrogens (tertiary/aromatic N) is 1. The first kappa shape index (κ1) is 23.8. The normalized spacial score (nSPS) is 17.7. The average Bonchev–Trinajstić information content (AvgIpc) is 3.66. The molecule has 1 unspecified atom stereocenters. The van der Waals surface area contributed by atoms with Crippen molar-refractivity contribution < 1.29 is 22.7 Å². The molecule has 184 valence electrons. The van der Waals surface area contributed by atoms with Gasteiger partial charge in [-0.2, -0.15) is 0 Å². The van der Waals surface area contributed by atoms with Crippen LogP contribution >= 0.6 is 0 Å². The highest BCUT2D eigenvalue weighted by atomic mass is 32.2. The van der Waals surface area contributed by atoms with Crippen molar-refractivity contribution in [3.8, 4) is 11.4 Å². The number of carbonyl (C=O) groups is 1. The Labute approximate surface area is 205 Å². The van der Waals surface area contributed by atoms with Crippen LogP contribution in [-0.2, 0) is 19.3 Å². The summed E-state index contributed by atoms with van der Waals surface area (Å²) in [5, 5.41) is -0.213. The highest BCUT2D eigenvalue weighted by Crippen LogP contribution is 2.37. The Bertz CT molecular complexity index is 1270. The summed E-state index contributed by atoms with van der Waals surface area (Å²) in [6.45, 7) is 1.56. The van der Waals surface area contributed by atoms with Gasteiger partial charge in [-0.15, -0.1) is 0 Å². The van der Waals surface area contributed by atoms with Gasteiger partial charge in [-0.3, -0.25) is 4.98 Å². The maximum atomic E-state index is 12.7. The van der Waals surface area contributed by atoms with E-state index >= 15 is 0 Å². The summed E-state index contributed by atoms with van der Waals surface area (Å²) in [5.41, 5.74) is 4.15. The van der Waals surface area contributed by atoms with Crippen molar-refractivity contribution in [2.75, 3.05) is 20.3 Å². The SMILES string of the molecule is COC(=O)c1ccc(-c2ccc(C(CC3CCOCC3)c3ccc(S(=O)(=O)C4CC4)cc3)[nH]2)nc1. The summed E-state index contributed by atoms with van der Waals surface area (Å²) < 4.78 is 35.6. The van der Waals surface area contributed by atoms with Crippen molar-refractivity contribution in [2.24, 2.45) is 5.92 Å². The van der Waals surface area contributed by atoms with E-state index in [1.165, 1.54) is 13.3 Å². The summed E-state index contributed by atoms with van der Waals surface area (Å²) in [6.07, 6.45) is 6.03. The monoisotopic (exact) mass is 494 g/mol. The van der Waals surface area contributed by atoms with E-state index in [2.05, 4.69) is 16.0 Å². The van der Waals surface area contributed by atoms with E-state index in [0.717, 1.165) is 68.0 Å². The molecule has 1 N–H and O–H groups in total. The lowest BCUT2D eigenvalue weighted by Crippen LogP contribution is -2.19. The average molecular weight is 495 g/mol. The number of methoxy groups -OCH3 is 1. The third kappa shape index (κ3) is 5.18. The van der Waals surface area contributed by atoms with E-state index in [-0.39, 0.29) is 11.2 Å². The van der Waals surface area contributed by atoms with E-state index in [9.17, 15) is 13.2 Å². The molecule has 35 heavy (non-hydrogen) atoms. The third-order valence-corrected chi connectivity index (χ3v) is 9.31. The van der Waals surface area contributed by atoms with Crippen molar-refractivity contribution >= 4 is 15.8 Å². The number of pyridine rings is 1. The predicted octanol–water partition coefficient (Wildman–Crippen LogP) is 4.75. The molecule has 2 aromatic heterocycles. The zero-order chi connectivity index (χ0) is 24.4. The van der Waals surface area contributed by atoms with Crippen molar-refractivity contribution in [3.63, 3.8) is 0 Å². The van der Waals surface area contributed by atoms with Gasteiger partial charge in [0.1, 0.15) is 0 Å². The molecular weight excluding hydrogens is 464 g/mol. The standard InChI is InChI=1S/C27H30N2O5S/c1-33-27(30)20-4-9-25(28-17-20)26-11-10-24(29-26)23(16-18-12-14-34-15-13-18)19-2-5-21(6-3-19)35(31,32)22-7-8-22/h2-6,9-11,17-18,22-23,29H,7-8,12-16H2,1H3. The minimum atomic E-state index is -3.21. The van der Waals surface area contributed by atoms with Crippen molar-refractivity contribution in [1.29, 1.82) is 0 Å². The van der Waals surface area contributed by atoms with Crippen LogP contribution in [0.2, 0.25) is 0 Å². The Morgan fingerprint density at radius 3 is 2.43 bits per heavy atom. The fraction of sp³-hybridized carbons (Fsp3) is 0.407. The summed E-state index contributed by atoms with van der Waals surface area (Å²) in [4.78, 5) is 20.1. The molecule has 0 amide bonds. The van der Waals surface area contributed by atoms with Crippen LogP contribution in [0.15, 0.2) is 59.6 Å². The largest absolute Gasteiger partial charge is 0.465 e. The van der Waals surface area contributed by atoms with Crippen LogP contribution < -0.4 is 0 Å². The highest BCUT2D eigenvalue weighted by molar-refractivity contribution is 7.92. The number of hydrogen-bond donors (Lipinski definition) is 1. The molecule has 5 rings (SSSR count). The Morgan fingerprint density at radius 2 is 1.80 bits per heavy atom. The van der Waals surface area contributed by atoms with E-state index in [1.807, 2.05) is 18.2 Å². The molecule has 0 radical (unpaired) electrons. The molecule has 2 fully saturated rings. The molecule has 1 aliphatic heterocycles. The summed E-state index contributed by atoms with van der Waals surface area (Å²) >= 11 is 0. The number of aromatic nitrogens is 2. The number of hydrogen-bond acceptors (Lipinski definition) is 6. The molecule has 2 aliphatic rings. The fourth-order valence-corrected chi connectivity index (χ4v) is 6.43. The lowest BCUT2D eigenvalue weighted by atomic mass is 9.83. The van der Waals surface area contributed by atoms with Gasteiger partial charge in [0.15, 0.2) is 9.84 Å². The van der Waals surface area contributed by atoms with Gasteiger partial charge < -0.3 is 14.5 Å². The molecule has 1 aromatic carbocycles. The highest BCUT2D eigenvalue weighted by Gasteiger charge is 2.37.